The van der Waals surface area contributed by atoms with Crippen molar-refractivity contribution in [2.24, 2.45) is 0 Å². The van der Waals surface area contributed by atoms with Gasteiger partial charge in [0, 0.05) is 18.2 Å². The lowest BCUT2D eigenvalue weighted by molar-refractivity contribution is -0.137. The molecule has 0 saturated carbocycles. The number of halogens is 4. The Kier molecular flexibility index (Phi) is 3.72. The smallest absolute Gasteiger partial charge is 0.385 e. The van der Waals surface area contributed by atoms with Crippen LogP contribution in [-0.4, -0.2) is 6.54 Å². The largest absolute Gasteiger partial charge is 0.416 e. The van der Waals surface area contributed by atoms with Crippen molar-refractivity contribution in [2.45, 2.75) is 25.4 Å². The van der Waals surface area contributed by atoms with E-state index in [4.69, 9.17) is 0 Å². The van der Waals surface area contributed by atoms with E-state index in [2.05, 4.69) is 11.9 Å². The molecule has 1 N–H and O–H groups in total. The van der Waals surface area contributed by atoms with Gasteiger partial charge in [0.15, 0.2) is 0 Å². The number of hydrogen-bond acceptors (Lipinski definition) is 1. The zero-order chi connectivity index (χ0) is 18.6. The summed E-state index contributed by atoms with van der Waals surface area (Å²) < 4.78 is 52.8. The second-order valence-corrected chi connectivity index (χ2v) is 6.77. The van der Waals surface area contributed by atoms with Crippen molar-refractivity contribution in [3.05, 3.63) is 76.8 Å². The van der Waals surface area contributed by atoms with Crippen molar-refractivity contribution in [3.63, 3.8) is 0 Å². The molecule has 2 aliphatic rings. The number of rotatable bonds is 1. The molecular weight excluding hydrogens is 342 g/mol. The standard InChI is InChI=1S/C21H17F4N/c1-11-17-9-15(22)10-18(13-3-5-14(6-4-13)21(23,24)25)20(17)16-7-8-26-12(2)19(11)16/h3-6,9-10,16,26H,2,7-8H2,1H3. The second-order valence-electron chi connectivity index (χ2n) is 6.77. The van der Waals surface area contributed by atoms with E-state index < -0.39 is 17.6 Å². The third-order valence-corrected chi connectivity index (χ3v) is 5.27. The number of piperidine rings is 1. The van der Waals surface area contributed by atoms with E-state index in [1.807, 2.05) is 6.92 Å². The first-order chi connectivity index (χ1) is 12.3. The van der Waals surface area contributed by atoms with Gasteiger partial charge in [0.2, 0.25) is 0 Å². The maximum Gasteiger partial charge on any atom is 0.416 e. The van der Waals surface area contributed by atoms with Crippen molar-refractivity contribution < 1.29 is 17.6 Å². The van der Waals surface area contributed by atoms with Gasteiger partial charge in [-0.25, -0.2) is 4.39 Å². The Bertz CT molecular complexity index is 936. The number of hydrogen-bond donors (Lipinski definition) is 1. The topological polar surface area (TPSA) is 12.0 Å². The third kappa shape index (κ3) is 2.54. The summed E-state index contributed by atoms with van der Waals surface area (Å²) >= 11 is 0. The van der Waals surface area contributed by atoms with Gasteiger partial charge < -0.3 is 5.32 Å². The minimum Gasteiger partial charge on any atom is -0.385 e. The molecule has 0 bridgehead atoms. The molecule has 1 nitrogen and oxygen atoms in total. The van der Waals surface area contributed by atoms with Crippen LogP contribution in [-0.2, 0) is 6.18 Å². The van der Waals surface area contributed by atoms with Crippen LogP contribution >= 0.6 is 0 Å². The molecule has 4 rings (SSSR count). The first-order valence-corrected chi connectivity index (χ1v) is 8.42. The van der Waals surface area contributed by atoms with Gasteiger partial charge in [-0.15, -0.1) is 0 Å². The first-order valence-electron chi connectivity index (χ1n) is 8.42. The highest BCUT2D eigenvalue weighted by Gasteiger charge is 2.36. The molecule has 1 atom stereocenters. The van der Waals surface area contributed by atoms with Crippen LogP contribution in [0.4, 0.5) is 17.6 Å². The fourth-order valence-electron chi connectivity index (χ4n) is 4.12. The van der Waals surface area contributed by atoms with Crippen LogP contribution in [0, 0.1) is 5.82 Å². The van der Waals surface area contributed by atoms with E-state index in [0.717, 1.165) is 53.1 Å². The zero-order valence-corrected chi connectivity index (χ0v) is 14.2. The minimum atomic E-state index is -4.39. The van der Waals surface area contributed by atoms with Crippen LogP contribution in [0.2, 0.25) is 0 Å². The van der Waals surface area contributed by atoms with Gasteiger partial charge in [-0.05, 0) is 71.0 Å². The summed E-state index contributed by atoms with van der Waals surface area (Å²) in [6.45, 7) is 6.78. The zero-order valence-electron chi connectivity index (χ0n) is 14.2. The molecule has 1 heterocycles. The molecule has 0 aromatic heterocycles. The Hall–Kier alpha value is -2.56. The number of fused-ring (bicyclic) bond motifs is 3. The maximum absolute atomic E-state index is 14.3. The van der Waals surface area contributed by atoms with Crippen molar-refractivity contribution in [1.29, 1.82) is 0 Å². The third-order valence-electron chi connectivity index (χ3n) is 5.27. The molecular formula is C21H17F4N. The number of alkyl halides is 3. The SMILES string of the molecule is C=C1NCCC2C1=C(C)c1cc(F)cc(-c3ccc(C(F)(F)F)cc3)c12. The second kappa shape index (κ2) is 5.73. The lowest BCUT2D eigenvalue weighted by atomic mass is 9.84. The molecule has 1 fully saturated rings. The van der Waals surface area contributed by atoms with Crippen molar-refractivity contribution >= 4 is 5.57 Å². The molecule has 0 radical (unpaired) electrons. The van der Waals surface area contributed by atoms with Crippen LogP contribution in [0.1, 0.15) is 36.0 Å². The van der Waals surface area contributed by atoms with Crippen LogP contribution in [0.15, 0.2) is 54.2 Å². The molecule has 2 aromatic rings. The first kappa shape index (κ1) is 16.9. The summed E-state index contributed by atoms with van der Waals surface area (Å²) in [5, 5.41) is 3.25. The van der Waals surface area contributed by atoms with Gasteiger partial charge in [-0.1, -0.05) is 18.7 Å². The molecule has 1 saturated heterocycles. The minimum absolute atomic E-state index is 0.0941. The van der Waals surface area contributed by atoms with Crippen molar-refractivity contribution in [3.8, 4) is 11.1 Å². The van der Waals surface area contributed by atoms with Gasteiger partial charge in [0.1, 0.15) is 5.82 Å². The van der Waals surface area contributed by atoms with Gasteiger partial charge in [0.25, 0.3) is 0 Å². The monoisotopic (exact) mass is 359 g/mol. The number of allylic oxidation sites excluding steroid dienone is 2. The molecule has 1 aliphatic heterocycles. The van der Waals surface area contributed by atoms with Crippen LogP contribution in [0.25, 0.3) is 16.7 Å². The summed E-state index contributed by atoms with van der Waals surface area (Å²) in [6.07, 6.45) is -3.54. The Labute approximate surface area is 149 Å². The lowest BCUT2D eigenvalue weighted by Gasteiger charge is -2.27. The molecule has 1 unspecified atom stereocenters. The lowest BCUT2D eigenvalue weighted by Crippen LogP contribution is -2.25. The van der Waals surface area contributed by atoms with Gasteiger partial charge in [-0.2, -0.15) is 13.2 Å². The Morgan fingerprint density at radius 1 is 1.08 bits per heavy atom. The highest BCUT2D eigenvalue weighted by molar-refractivity contribution is 5.87. The summed E-state index contributed by atoms with van der Waals surface area (Å²) in [5.41, 5.74) is 5.24. The molecule has 1 aliphatic carbocycles. The van der Waals surface area contributed by atoms with E-state index >= 15 is 0 Å². The molecule has 5 heteroatoms. The van der Waals surface area contributed by atoms with E-state index in [1.54, 1.807) is 0 Å². The Morgan fingerprint density at radius 3 is 2.38 bits per heavy atom. The van der Waals surface area contributed by atoms with Gasteiger partial charge in [-0.3, -0.25) is 0 Å². The molecule has 0 amide bonds. The quantitative estimate of drug-likeness (QED) is 0.626. The van der Waals surface area contributed by atoms with Crippen molar-refractivity contribution in [1.82, 2.24) is 5.32 Å². The Morgan fingerprint density at radius 2 is 1.73 bits per heavy atom. The summed E-state index contributed by atoms with van der Waals surface area (Å²) in [7, 11) is 0. The number of nitrogens with one attached hydrogen (secondary N) is 1. The highest BCUT2D eigenvalue weighted by atomic mass is 19.4. The van der Waals surface area contributed by atoms with Crippen LogP contribution in [0.5, 0.6) is 0 Å². The summed E-state index contributed by atoms with van der Waals surface area (Å²) in [6, 6.07) is 7.86. The van der Waals surface area contributed by atoms with E-state index in [1.165, 1.54) is 24.3 Å². The molecule has 26 heavy (non-hydrogen) atoms. The van der Waals surface area contributed by atoms with E-state index in [-0.39, 0.29) is 5.92 Å². The summed E-state index contributed by atoms with van der Waals surface area (Å²) in [4.78, 5) is 0. The number of benzene rings is 2. The van der Waals surface area contributed by atoms with Crippen LogP contribution in [0.3, 0.4) is 0 Å². The molecule has 134 valence electrons. The van der Waals surface area contributed by atoms with Gasteiger partial charge >= 0.3 is 6.18 Å². The normalized spacial score (nSPS) is 19.3. The predicted molar refractivity (Wildman–Crippen MR) is 93.9 cm³/mol. The molecule has 2 aromatic carbocycles. The molecule has 0 spiro atoms. The fraction of sp³-hybridized carbons (Fsp3) is 0.238. The maximum atomic E-state index is 14.3. The van der Waals surface area contributed by atoms with E-state index in [0.29, 0.717) is 11.1 Å². The average molecular weight is 359 g/mol. The van der Waals surface area contributed by atoms with E-state index in [9.17, 15) is 17.6 Å². The summed E-state index contributed by atoms with van der Waals surface area (Å²) in [5.74, 6) is -0.299. The highest BCUT2D eigenvalue weighted by Crippen LogP contribution is 2.51. The Balaban J connectivity index is 1.87. The average Bonchev–Trinajstić information content (AvgIpc) is 2.87. The predicted octanol–water partition coefficient (Wildman–Crippen LogP) is 5.89. The van der Waals surface area contributed by atoms with Crippen LogP contribution < -0.4 is 5.32 Å². The fourth-order valence-corrected chi connectivity index (χ4v) is 4.12. The van der Waals surface area contributed by atoms with Crippen molar-refractivity contribution in [2.75, 3.05) is 6.54 Å². The van der Waals surface area contributed by atoms with Gasteiger partial charge in [0.05, 0.1) is 5.56 Å².